The Hall–Kier alpha value is -2.49. The molecule has 0 aliphatic carbocycles. The van der Waals surface area contributed by atoms with Crippen molar-refractivity contribution in [3.05, 3.63) is 18.5 Å². The van der Waals surface area contributed by atoms with Crippen molar-refractivity contribution in [3.63, 3.8) is 0 Å². The average Bonchev–Trinajstić information content (AvgIpc) is 2.94. The van der Waals surface area contributed by atoms with Gasteiger partial charge in [0.15, 0.2) is 21.3 Å². The molecule has 0 saturated carbocycles. The predicted octanol–water partition coefficient (Wildman–Crippen LogP) is 1.13. The molecule has 2 aromatic heterocycles. The molecule has 0 aliphatic heterocycles. The van der Waals surface area contributed by atoms with Crippen molar-refractivity contribution < 1.29 is 13.2 Å². The molecule has 9 nitrogen and oxygen atoms in total. The van der Waals surface area contributed by atoms with Crippen LogP contribution in [0.1, 0.15) is 13.3 Å². The Kier molecular flexibility index (Phi) is 4.94. The molecular weight excluding hydrogens is 320 g/mol. The Labute approximate surface area is 133 Å². The highest BCUT2D eigenvalue weighted by atomic mass is 32.2. The smallest absolute Gasteiger partial charge is 0.320 e. The highest BCUT2D eigenvalue weighted by molar-refractivity contribution is 8.05. The number of nitrogens with zero attached hydrogens (tertiary/aromatic N) is 2. The minimum Gasteiger partial charge on any atom is -0.345 e. The van der Waals surface area contributed by atoms with Crippen LogP contribution in [0.5, 0.6) is 0 Å². The third-order valence-electron chi connectivity index (χ3n) is 3.27. The summed E-state index contributed by atoms with van der Waals surface area (Å²) in [4.78, 5) is 23.0. The number of nitrogens with one attached hydrogen (secondary N) is 4. The molecule has 0 radical (unpaired) electrons. The molecule has 0 aliphatic rings. The first-order valence-corrected chi connectivity index (χ1v) is 8.84. The summed E-state index contributed by atoms with van der Waals surface area (Å²) in [6.07, 6.45) is 4.52. The first-order valence-electron chi connectivity index (χ1n) is 6.94. The van der Waals surface area contributed by atoms with E-state index in [1.807, 2.05) is 0 Å². The summed E-state index contributed by atoms with van der Waals surface area (Å²) in [6.45, 7) is 1.81. The van der Waals surface area contributed by atoms with Gasteiger partial charge < -0.3 is 10.3 Å². The topological polar surface area (TPSA) is 141 Å². The molecule has 0 aromatic carbocycles. The van der Waals surface area contributed by atoms with E-state index in [4.69, 9.17) is 5.41 Å². The van der Waals surface area contributed by atoms with Crippen LogP contribution < -0.4 is 10.6 Å². The van der Waals surface area contributed by atoms with E-state index in [1.54, 1.807) is 19.2 Å². The van der Waals surface area contributed by atoms with E-state index in [0.29, 0.717) is 17.6 Å². The van der Waals surface area contributed by atoms with Crippen molar-refractivity contribution in [2.75, 3.05) is 18.1 Å². The maximum Gasteiger partial charge on any atom is 0.320 e. The number of carbonyl (C=O) groups is 1. The highest BCUT2D eigenvalue weighted by Gasteiger charge is 2.22. The number of hydrogen-bond donors (Lipinski definition) is 4. The van der Waals surface area contributed by atoms with Crippen LogP contribution in [-0.4, -0.2) is 47.2 Å². The summed E-state index contributed by atoms with van der Waals surface area (Å²) in [5.41, 5.74) is 1.23. The number of rotatable bonds is 5. The van der Waals surface area contributed by atoms with Gasteiger partial charge in [0.1, 0.15) is 10.6 Å². The number of fused-ring (bicyclic) bond motifs is 1. The van der Waals surface area contributed by atoms with Crippen LogP contribution in [0.4, 0.5) is 10.6 Å². The quantitative estimate of drug-likeness (QED) is 0.478. The molecule has 2 aromatic rings. The third-order valence-corrected chi connectivity index (χ3v) is 4.41. The average molecular weight is 338 g/mol. The van der Waals surface area contributed by atoms with Gasteiger partial charge in [-0.25, -0.2) is 23.2 Å². The summed E-state index contributed by atoms with van der Waals surface area (Å²) < 4.78 is 22.8. The summed E-state index contributed by atoms with van der Waals surface area (Å²) >= 11 is 0. The van der Waals surface area contributed by atoms with Gasteiger partial charge in [-0.1, -0.05) is 6.92 Å². The van der Waals surface area contributed by atoms with E-state index in [9.17, 15) is 13.2 Å². The number of aromatic amines is 1. The SMILES string of the molecule is CCC(CNC(=O)Nc1cnc2[nH]ccc2n1)C(=N)S(C)(=O)=O. The summed E-state index contributed by atoms with van der Waals surface area (Å²) in [6, 6.07) is 1.19. The van der Waals surface area contributed by atoms with Gasteiger partial charge in [-0.2, -0.15) is 0 Å². The lowest BCUT2D eigenvalue weighted by molar-refractivity contribution is 0.251. The summed E-state index contributed by atoms with van der Waals surface area (Å²) in [7, 11) is -3.55. The molecule has 2 heterocycles. The van der Waals surface area contributed by atoms with E-state index in [-0.39, 0.29) is 17.4 Å². The Morgan fingerprint density at radius 1 is 1.48 bits per heavy atom. The van der Waals surface area contributed by atoms with Crippen LogP contribution in [0.25, 0.3) is 11.2 Å². The van der Waals surface area contributed by atoms with E-state index in [2.05, 4.69) is 25.6 Å². The summed E-state index contributed by atoms with van der Waals surface area (Å²) in [5, 5.41) is 12.3. The van der Waals surface area contributed by atoms with Crippen molar-refractivity contribution in [1.82, 2.24) is 20.3 Å². The Morgan fingerprint density at radius 3 is 2.87 bits per heavy atom. The predicted molar refractivity (Wildman–Crippen MR) is 87.3 cm³/mol. The van der Waals surface area contributed by atoms with E-state index >= 15 is 0 Å². The maximum absolute atomic E-state index is 11.9. The number of hydrogen-bond acceptors (Lipinski definition) is 6. The lowest BCUT2D eigenvalue weighted by Gasteiger charge is -2.15. The first-order chi connectivity index (χ1) is 10.8. The van der Waals surface area contributed by atoms with Gasteiger partial charge in [-0.05, 0) is 12.5 Å². The number of urea groups is 1. The van der Waals surface area contributed by atoms with Crippen LogP contribution >= 0.6 is 0 Å². The van der Waals surface area contributed by atoms with E-state index in [0.717, 1.165) is 6.26 Å². The Bertz CT molecular complexity index is 829. The molecule has 1 atom stereocenters. The van der Waals surface area contributed by atoms with E-state index in [1.165, 1.54) is 6.20 Å². The zero-order chi connectivity index (χ0) is 17.0. The maximum atomic E-state index is 11.9. The molecule has 0 spiro atoms. The van der Waals surface area contributed by atoms with Crippen LogP contribution in [-0.2, 0) is 9.84 Å². The Balaban J connectivity index is 1.94. The number of anilines is 1. The van der Waals surface area contributed by atoms with Gasteiger partial charge in [-0.15, -0.1) is 0 Å². The molecule has 2 amide bonds. The number of carbonyl (C=O) groups excluding carboxylic acids is 1. The summed E-state index contributed by atoms with van der Waals surface area (Å²) in [5.74, 6) is -0.283. The van der Waals surface area contributed by atoms with Gasteiger partial charge in [0.05, 0.1) is 6.20 Å². The van der Waals surface area contributed by atoms with Gasteiger partial charge in [-0.3, -0.25) is 10.7 Å². The van der Waals surface area contributed by atoms with E-state index < -0.39 is 21.8 Å². The number of sulfone groups is 1. The lowest BCUT2D eigenvalue weighted by atomic mass is 10.1. The third kappa shape index (κ3) is 4.25. The molecule has 4 N–H and O–H groups in total. The molecule has 0 saturated heterocycles. The molecule has 2 rings (SSSR count). The molecule has 1 unspecified atom stereocenters. The second-order valence-corrected chi connectivity index (χ2v) is 7.03. The van der Waals surface area contributed by atoms with Crippen LogP contribution in [0.2, 0.25) is 0 Å². The first kappa shape index (κ1) is 16.9. The van der Waals surface area contributed by atoms with Gasteiger partial charge in [0.25, 0.3) is 0 Å². The fourth-order valence-corrected chi connectivity index (χ4v) is 2.85. The van der Waals surface area contributed by atoms with Crippen molar-refractivity contribution in [1.29, 1.82) is 5.41 Å². The van der Waals surface area contributed by atoms with Gasteiger partial charge in [0, 0.05) is 24.9 Å². The van der Waals surface area contributed by atoms with Crippen molar-refractivity contribution in [2.45, 2.75) is 13.3 Å². The second kappa shape index (κ2) is 6.73. The highest BCUT2D eigenvalue weighted by Crippen LogP contribution is 2.10. The fourth-order valence-electron chi connectivity index (χ4n) is 1.99. The second-order valence-electron chi connectivity index (χ2n) is 5.04. The number of H-pyrrole nitrogens is 1. The van der Waals surface area contributed by atoms with Crippen LogP contribution in [0, 0.1) is 11.3 Å². The molecule has 0 bridgehead atoms. The normalized spacial score (nSPS) is 12.8. The van der Waals surface area contributed by atoms with Crippen LogP contribution in [0.3, 0.4) is 0 Å². The molecule has 10 heteroatoms. The van der Waals surface area contributed by atoms with Crippen LogP contribution in [0.15, 0.2) is 18.5 Å². The largest absolute Gasteiger partial charge is 0.345 e. The standard InChI is InChI=1S/C13H18N6O3S/c1-3-8(11(14)23(2,21)22)6-17-13(20)19-10-7-16-12-9(18-10)4-5-15-12/h4-5,7-8,14H,3,6H2,1-2H3,(H,15,16)(H2,17,18,19,20). The van der Waals surface area contributed by atoms with Gasteiger partial charge >= 0.3 is 6.03 Å². The number of amides is 2. The zero-order valence-electron chi connectivity index (χ0n) is 12.8. The lowest BCUT2D eigenvalue weighted by Crippen LogP contribution is -2.37. The molecule has 124 valence electrons. The monoisotopic (exact) mass is 338 g/mol. The zero-order valence-corrected chi connectivity index (χ0v) is 13.6. The van der Waals surface area contributed by atoms with Crippen molar-refractivity contribution in [3.8, 4) is 0 Å². The molecular formula is C13H18N6O3S. The molecule has 0 fully saturated rings. The fraction of sp³-hybridized carbons (Fsp3) is 0.385. The van der Waals surface area contributed by atoms with Gasteiger partial charge in [0.2, 0.25) is 0 Å². The minimum atomic E-state index is -3.55. The number of aromatic nitrogens is 3. The minimum absolute atomic E-state index is 0.0497. The Morgan fingerprint density at radius 2 is 2.22 bits per heavy atom. The van der Waals surface area contributed by atoms with Crippen molar-refractivity contribution in [2.24, 2.45) is 5.92 Å². The van der Waals surface area contributed by atoms with Crippen molar-refractivity contribution >= 4 is 37.9 Å². The molecule has 23 heavy (non-hydrogen) atoms.